The molecule has 0 fully saturated rings. The molecule has 0 aliphatic heterocycles. The molecule has 7 nitrogen and oxygen atoms in total. The van der Waals surface area contributed by atoms with E-state index in [1.54, 1.807) is 6.07 Å². The number of halogens is 1. The van der Waals surface area contributed by atoms with Crippen LogP contribution in [0.2, 0.25) is 0 Å². The monoisotopic (exact) mass is 470 g/mol. The molecule has 1 aromatic heterocycles. The molecule has 1 N–H and O–H groups in total. The van der Waals surface area contributed by atoms with Crippen LogP contribution in [0.25, 0.3) is 11.0 Å². The van der Waals surface area contributed by atoms with Gasteiger partial charge in [-0.1, -0.05) is 12.1 Å². The van der Waals surface area contributed by atoms with E-state index in [0.29, 0.717) is 3.57 Å². The molecule has 9 heteroatoms. The van der Waals surface area contributed by atoms with Crippen LogP contribution in [-0.2, 0) is 10.0 Å². The van der Waals surface area contributed by atoms with Crippen molar-refractivity contribution in [2.24, 2.45) is 0 Å². The molecule has 25 heavy (non-hydrogen) atoms. The summed E-state index contributed by atoms with van der Waals surface area (Å²) >= 11 is 2.00. The first-order chi connectivity index (χ1) is 11.8. The Balaban J connectivity index is 1.97. The normalized spacial score (nSPS) is 11.8. The summed E-state index contributed by atoms with van der Waals surface area (Å²) in [6.45, 7) is 0. The Morgan fingerprint density at radius 2 is 1.92 bits per heavy atom. The van der Waals surface area contributed by atoms with Gasteiger partial charge in [0.05, 0.1) is 21.5 Å². The lowest BCUT2D eigenvalue weighted by molar-refractivity contribution is 0.101. The van der Waals surface area contributed by atoms with E-state index in [4.69, 9.17) is 0 Å². The highest BCUT2D eigenvalue weighted by molar-refractivity contribution is 14.1. The third-order valence-corrected chi connectivity index (χ3v) is 6.39. The molecular formula is C16H15IN4O3S. The van der Waals surface area contributed by atoms with Gasteiger partial charge in [0.1, 0.15) is 6.33 Å². The van der Waals surface area contributed by atoms with Crippen molar-refractivity contribution in [3.05, 3.63) is 57.9 Å². The fourth-order valence-electron chi connectivity index (χ4n) is 2.27. The zero-order valence-corrected chi connectivity index (χ0v) is 16.4. The summed E-state index contributed by atoms with van der Waals surface area (Å²) in [6, 6.07) is 11.9. The van der Waals surface area contributed by atoms with Crippen LogP contribution >= 0.6 is 22.6 Å². The second-order valence-electron chi connectivity index (χ2n) is 5.47. The van der Waals surface area contributed by atoms with E-state index in [-0.39, 0.29) is 10.5 Å². The highest BCUT2D eigenvalue weighted by Crippen LogP contribution is 2.20. The number of imidazole rings is 1. The minimum absolute atomic E-state index is 0.0681. The van der Waals surface area contributed by atoms with Crippen molar-refractivity contribution in [3.8, 4) is 0 Å². The number of amides is 1. The first-order valence-electron chi connectivity index (χ1n) is 7.26. The van der Waals surface area contributed by atoms with Crippen LogP contribution in [0.4, 0.5) is 0 Å². The summed E-state index contributed by atoms with van der Waals surface area (Å²) in [6.07, 6.45) is 1.51. The van der Waals surface area contributed by atoms with Crippen molar-refractivity contribution < 1.29 is 13.2 Å². The van der Waals surface area contributed by atoms with Gasteiger partial charge >= 0.3 is 0 Å². The Bertz CT molecular complexity index is 1060. The molecule has 1 heterocycles. The quantitative estimate of drug-likeness (QED) is 0.594. The zero-order chi connectivity index (χ0) is 18.2. The zero-order valence-electron chi connectivity index (χ0n) is 13.5. The van der Waals surface area contributed by atoms with Crippen LogP contribution in [0.1, 0.15) is 10.4 Å². The second-order valence-corrected chi connectivity index (χ2v) is 8.79. The lowest BCUT2D eigenvalue weighted by Gasteiger charge is -2.13. The predicted octanol–water partition coefficient (Wildman–Crippen LogP) is 2.28. The number of carbonyl (C=O) groups excluding carboxylic acids is 1. The lowest BCUT2D eigenvalue weighted by Crippen LogP contribution is -2.25. The Morgan fingerprint density at radius 3 is 2.64 bits per heavy atom. The summed E-state index contributed by atoms with van der Waals surface area (Å²) in [7, 11) is -0.717. The standard InChI is InChI=1S/C16H15IN4O3S/c1-20(2)25(23,24)11-7-8-13(17)12(9-11)16(22)19-21-10-18-14-5-3-4-6-15(14)21/h3-10H,1-2H3,(H,19,22). The van der Waals surface area contributed by atoms with Gasteiger partial charge in [-0.15, -0.1) is 0 Å². The molecule has 130 valence electrons. The van der Waals surface area contributed by atoms with Gasteiger partial charge in [-0.3, -0.25) is 10.2 Å². The van der Waals surface area contributed by atoms with Crippen LogP contribution in [0.5, 0.6) is 0 Å². The van der Waals surface area contributed by atoms with E-state index >= 15 is 0 Å². The van der Waals surface area contributed by atoms with Crippen LogP contribution in [0.3, 0.4) is 0 Å². The van der Waals surface area contributed by atoms with Gasteiger partial charge in [0.25, 0.3) is 5.91 Å². The number of aromatic nitrogens is 2. The van der Waals surface area contributed by atoms with Gasteiger partial charge in [0, 0.05) is 17.7 Å². The third kappa shape index (κ3) is 3.39. The molecule has 0 unspecified atom stereocenters. The fourth-order valence-corrected chi connectivity index (χ4v) is 3.78. The van der Waals surface area contributed by atoms with Crippen molar-refractivity contribution in [2.45, 2.75) is 4.90 Å². The summed E-state index contributed by atoms with van der Waals surface area (Å²) in [5.41, 5.74) is 4.51. The van der Waals surface area contributed by atoms with Gasteiger partial charge < -0.3 is 0 Å². The van der Waals surface area contributed by atoms with Crippen molar-refractivity contribution in [1.82, 2.24) is 14.0 Å². The lowest BCUT2D eigenvalue weighted by atomic mass is 10.2. The highest BCUT2D eigenvalue weighted by Gasteiger charge is 2.21. The summed E-state index contributed by atoms with van der Waals surface area (Å²) in [5.74, 6) is -0.414. The number of hydrogen-bond acceptors (Lipinski definition) is 4. The summed E-state index contributed by atoms with van der Waals surface area (Å²) in [4.78, 5) is 16.9. The molecule has 1 amide bonds. The summed E-state index contributed by atoms with van der Waals surface area (Å²) in [5, 5.41) is 0. The highest BCUT2D eigenvalue weighted by atomic mass is 127. The molecule has 0 radical (unpaired) electrons. The van der Waals surface area contributed by atoms with E-state index in [9.17, 15) is 13.2 Å². The number of benzene rings is 2. The predicted molar refractivity (Wildman–Crippen MR) is 103 cm³/mol. The van der Waals surface area contributed by atoms with Gasteiger partial charge in [0.2, 0.25) is 10.0 Å². The molecule has 0 bridgehead atoms. The number of nitrogens with zero attached hydrogens (tertiary/aromatic N) is 3. The average molecular weight is 470 g/mol. The Morgan fingerprint density at radius 1 is 1.20 bits per heavy atom. The fraction of sp³-hybridized carbons (Fsp3) is 0.125. The number of rotatable bonds is 4. The minimum atomic E-state index is -3.62. The van der Waals surface area contributed by atoms with Gasteiger partial charge in [0.15, 0.2) is 0 Å². The number of carbonyl (C=O) groups is 1. The topological polar surface area (TPSA) is 84.3 Å². The largest absolute Gasteiger partial charge is 0.271 e. The maximum absolute atomic E-state index is 12.7. The molecule has 0 aliphatic carbocycles. The molecule has 3 rings (SSSR count). The first kappa shape index (κ1) is 17.8. The number of nitrogens with one attached hydrogen (secondary N) is 1. The maximum Gasteiger partial charge on any atom is 0.271 e. The molecule has 0 saturated carbocycles. The molecular weight excluding hydrogens is 455 g/mol. The Hall–Kier alpha value is -1.98. The molecule has 0 atom stereocenters. The van der Waals surface area contributed by atoms with Gasteiger partial charge in [-0.05, 0) is 52.9 Å². The number of para-hydroxylation sites is 2. The Labute approximate surface area is 158 Å². The van der Waals surface area contributed by atoms with Crippen LogP contribution in [0.15, 0.2) is 53.7 Å². The SMILES string of the molecule is CN(C)S(=O)(=O)c1ccc(I)c(C(=O)Nn2cnc3ccccc32)c1. The van der Waals surface area contributed by atoms with Crippen molar-refractivity contribution in [1.29, 1.82) is 0 Å². The van der Waals surface area contributed by atoms with Crippen molar-refractivity contribution >= 4 is 49.6 Å². The van der Waals surface area contributed by atoms with Crippen LogP contribution in [0, 0.1) is 3.57 Å². The molecule has 0 spiro atoms. The van der Waals surface area contributed by atoms with Crippen molar-refractivity contribution in [2.75, 3.05) is 19.5 Å². The smallest absolute Gasteiger partial charge is 0.267 e. The maximum atomic E-state index is 12.7. The second kappa shape index (κ2) is 6.73. The first-order valence-corrected chi connectivity index (χ1v) is 9.78. The van der Waals surface area contributed by atoms with E-state index in [0.717, 1.165) is 15.3 Å². The van der Waals surface area contributed by atoms with E-state index < -0.39 is 15.9 Å². The van der Waals surface area contributed by atoms with Crippen molar-refractivity contribution in [3.63, 3.8) is 0 Å². The molecule has 3 aromatic rings. The molecule has 0 aliphatic rings. The number of hydrogen-bond donors (Lipinski definition) is 1. The van der Waals surface area contributed by atoms with E-state index in [1.807, 2.05) is 46.9 Å². The minimum Gasteiger partial charge on any atom is -0.267 e. The van der Waals surface area contributed by atoms with E-state index in [1.165, 1.54) is 37.2 Å². The van der Waals surface area contributed by atoms with Gasteiger partial charge in [-0.2, -0.15) is 0 Å². The molecule has 2 aromatic carbocycles. The molecule has 0 saturated heterocycles. The van der Waals surface area contributed by atoms with E-state index in [2.05, 4.69) is 10.4 Å². The van der Waals surface area contributed by atoms with Gasteiger partial charge in [-0.25, -0.2) is 22.4 Å². The van der Waals surface area contributed by atoms with Crippen LogP contribution < -0.4 is 5.43 Å². The number of sulfonamides is 1. The number of fused-ring (bicyclic) bond motifs is 1. The third-order valence-electron chi connectivity index (χ3n) is 3.64. The Kier molecular flexibility index (Phi) is 4.80. The average Bonchev–Trinajstić information content (AvgIpc) is 2.98. The summed E-state index contributed by atoms with van der Waals surface area (Å²) < 4.78 is 27.8. The van der Waals surface area contributed by atoms with Crippen LogP contribution in [-0.4, -0.2) is 42.4 Å².